The van der Waals surface area contributed by atoms with Crippen molar-refractivity contribution < 1.29 is 37.9 Å². The molecule has 8 nitrogen and oxygen atoms in total. The molecular weight excluding hydrogens is 471 g/mol. The molecule has 0 spiro atoms. The smallest absolute Gasteiger partial charge is 0.462 e. The Bertz CT molecular complexity index is 564. The predicted molar refractivity (Wildman–Crippen MR) is 138 cm³/mol. The van der Waals surface area contributed by atoms with Gasteiger partial charge >= 0.3 is 19.8 Å². The zero-order valence-electron chi connectivity index (χ0n) is 22.2. The van der Waals surface area contributed by atoms with Gasteiger partial charge in [-0.1, -0.05) is 116 Å². The van der Waals surface area contributed by atoms with Crippen LogP contribution in [0.1, 0.15) is 136 Å². The molecule has 0 aliphatic heterocycles. The summed E-state index contributed by atoms with van der Waals surface area (Å²) in [5, 5.41) is 0. The van der Waals surface area contributed by atoms with E-state index in [1.807, 2.05) is 0 Å². The first-order chi connectivity index (χ1) is 16.7. The molecule has 0 unspecified atom stereocenters. The number of phosphoric acid groups is 1. The van der Waals surface area contributed by atoms with Crippen molar-refractivity contribution >= 4 is 19.8 Å². The molecule has 0 radical (unpaired) electrons. The van der Waals surface area contributed by atoms with Crippen molar-refractivity contribution in [3.63, 3.8) is 0 Å². The average Bonchev–Trinajstić information content (AvgIpc) is 2.79. The number of unbranched alkanes of at least 4 members (excludes halogenated alkanes) is 17. The number of hydrogen-bond acceptors (Lipinski definition) is 6. The van der Waals surface area contributed by atoms with Crippen LogP contribution in [-0.4, -0.2) is 41.0 Å². The molecule has 0 amide bonds. The standard InChI is InChI=1S/C26H51O8P/c1-3-4-5-6-7-8-9-10-11-12-13-14-15-16-17-18-19-20-21-26(28)32-22-25(34-24(2)27)23-33-35(29,30)31/h25H,3-23H2,1-2H3,(H2,29,30,31)/t25-/m1/s1. The van der Waals surface area contributed by atoms with Crippen molar-refractivity contribution in [1.82, 2.24) is 0 Å². The Morgan fingerprint density at radius 2 is 1.09 bits per heavy atom. The van der Waals surface area contributed by atoms with Crippen LogP contribution in [0.4, 0.5) is 0 Å². The van der Waals surface area contributed by atoms with Crippen LogP contribution in [0.25, 0.3) is 0 Å². The first-order valence-corrected chi connectivity index (χ1v) is 15.3. The maximum atomic E-state index is 11.8. The third kappa shape index (κ3) is 27.5. The molecule has 0 aromatic carbocycles. The molecule has 35 heavy (non-hydrogen) atoms. The number of hydrogen-bond donors (Lipinski definition) is 2. The summed E-state index contributed by atoms with van der Waals surface area (Å²) < 4.78 is 25.0. The van der Waals surface area contributed by atoms with Gasteiger partial charge in [-0.15, -0.1) is 0 Å². The van der Waals surface area contributed by atoms with E-state index < -0.39 is 32.5 Å². The van der Waals surface area contributed by atoms with Crippen molar-refractivity contribution in [2.45, 2.75) is 142 Å². The quantitative estimate of drug-likeness (QED) is 0.0747. The molecule has 0 aliphatic carbocycles. The fraction of sp³-hybridized carbons (Fsp3) is 0.923. The van der Waals surface area contributed by atoms with Crippen molar-refractivity contribution in [3.8, 4) is 0 Å². The Morgan fingerprint density at radius 1 is 0.686 bits per heavy atom. The van der Waals surface area contributed by atoms with Crippen LogP contribution in [0, 0.1) is 0 Å². The maximum Gasteiger partial charge on any atom is 0.469 e. The van der Waals surface area contributed by atoms with E-state index in [0.717, 1.165) is 26.2 Å². The Labute approximate surface area is 213 Å². The second kappa shape index (κ2) is 23.4. The van der Waals surface area contributed by atoms with E-state index >= 15 is 0 Å². The largest absolute Gasteiger partial charge is 0.469 e. The fourth-order valence-corrected chi connectivity index (χ4v) is 4.32. The van der Waals surface area contributed by atoms with Gasteiger partial charge in [-0.05, 0) is 6.42 Å². The van der Waals surface area contributed by atoms with Gasteiger partial charge < -0.3 is 19.3 Å². The van der Waals surface area contributed by atoms with Gasteiger partial charge in [-0.3, -0.25) is 14.1 Å². The molecular formula is C26H51O8P. The number of phosphoric ester groups is 1. The van der Waals surface area contributed by atoms with Gasteiger partial charge in [0.2, 0.25) is 0 Å². The third-order valence-corrected chi connectivity index (χ3v) is 6.41. The van der Waals surface area contributed by atoms with Gasteiger partial charge in [-0.25, -0.2) is 4.57 Å². The first kappa shape index (κ1) is 34.0. The minimum absolute atomic E-state index is 0.269. The number of esters is 2. The Kier molecular flexibility index (Phi) is 22.8. The second-order valence-electron chi connectivity index (χ2n) is 9.46. The molecule has 0 fully saturated rings. The van der Waals surface area contributed by atoms with E-state index in [9.17, 15) is 14.2 Å². The highest BCUT2D eigenvalue weighted by Gasteiger charge is 2.21. The van der Waals surface area contributed by atoms with Crippen LogP contribution in [0.2, 0.25) is 0 Å². The van der Waals surface area contributed by atoms with Gasteiger partial charge in [0.05, 0.1) is 6.61 Å². The van der Waals surface area contributed by atoms with Crippen molar-refractivity contribution in [2.24, 2.45) is 0 Å². The molecule has 1 atom stereocenters. The van der Waals surface area contributed by atoms with Crippen LogP contribution >= 0.6 is 7.82 Å². The number of carbonyl (C=O) groups excluding carboxylic acids is 2. The zero-order chi connectivity index (χ0) is 26.2. The Balaban J connectivity index is 3.50. The highest BCUT2D eigenvalue weighted by Crippen LogP contribution is 2.35. The van der Waals surface area contributed by atoms with E-state index in [1.165, 1.54) is 96.3 Å². The topological polar surface area (TPSA) is 119 Å². The molecule has 0 rings (SSSR count). The first-order valence-electron chi connectivity index (χ1n) is 13.8. The average molecular weight is 523 g/mol. The third-order valence-electron chi connectivity index (χ3n) is 5.93. The fourth-order valence-electron chi connectivity index (χ4n) is 3.96. The van der Waals surface area contributed by atoms with E-state index in [0.29, 0.717) is 0 Å². The summed E-state index contributed by atoms with van der Waals surface area (Å²) in [5.41, 5.74) is 0. The van der Waals surface area contributed by atoms with Gasteiger partial charge in [0.25, 0.3) is 0 Å². The van der Waals surface area contributed by atoms with Gasteiger partial charge in [0.1, 0.15) is 6.61 Å². The van der Waals surface area contributed by atoms with E-state index in [2.05, 4.69) is 11.4 Å². The molecule has 0 aromatic rings. The lowest BCUT2D eigenvalue weighted by Crippen LogP contribution is -2.28. The SMILES string of the molecule is CCCCCCCCCCCCCCCCCCCCC(=O)OC[C@H](COP(=O)(O)O)OC(C)=O. The summed E-state index contributed by atoms with van der Waals surface area (Å²) in [5.74, 6) is -1.07. The number of ether oxygens (including phenoxy) is 2. The molecule has 0 heterocycles. The molecule has 9 heteroatoms. The number of carbonyl (C=O) groups is 2. The molecule has 0 aromatic heterocycles. The summed E-state index contributed by atoms with van der Waals surface area (Å²) in [6, 6.07) is 0. The summed E-state index contributed by atoms with van der Waals surface area (Å²) in [6.45, 7) is 2.58. The monoisotopic (exact) mass is 522 g/mol. The van der Waals surface area contributed by atoms with Crippen LogP contribution in [0.3, 0.4) is 0 Å². The second-order valence-corrected chi connectivity index (χ2v) is 10.7. The molecule has 0 saturated carbocycles. The normalized spacial score (nSPS) is 12.5. The predicted octanol–water partition coefficient (Wildman–Crippen LogP) is 7.00. The maximum absolute atomic E-state index is 11.8. The zero-order valence-corrected chi connectivity index (χ0v) is 23.1. The van der Waals surface area contributed by atoms with Crippen LogP contribution in [-0.2, 0) is 28.2 Å². The minimum atomic E-state index is -4.69. The molecule has 2 N–H and O–H groups in total. The van der Waals surface area contributed by atoms with Crippen LogP contribution in [0.15, 0.2) is 0 Å². The summed E-state index contributed by atoms with van der Waals surface area (Å²) in [7, 11) is -4.69. The molecule has 0 bridgehead atoms. The minimum Gasteiger partial charge on any atom is -0.462 e. The highest BCUT2D eigenvalue weighted by atomic mass is 31.2. The van der Waals surface area contributed by atoms with E-state index in [1.54, 1.807) is 0 Å². The van der Waals surface area contributed by atoms with Gasteiger partial charge in [-0.2, -0.15) is 0 Å². The molecule has 208 valence electrons. The lowest BCUT2D eigenvalue weighted by molar-refractivity contribution is -0.159. The van der Waals surface area contributed by atoms with Gasteiger partial charge in [0, 0.05) is 13.3 Å². The van der Waals surface area contributed by atoms with E-state index in [4.69, 9.17) is 19.3 Å². The summed E-state index contributed by atoms with van der Waals surface area (Å²) in [4.78, 5) is 40.4. The molecule has 0 saturated heterocycles. The number of rotatable bonds is 25. The van der Waals surface area contributed by atoms with Gasteiger partial charge in [0.15, 0.2) is 6.10 Å². The van der Waals surface area contributed by atoms with Crippen molar-refractivity contribution in [1.29, 1.82) is 0 Å². The summed E-state index contributed by atoms with van der Waals surface area (Å²) >= 11 is 0. The lowest BCUT2D eigenvalue weighted by Gasteiger charge is -2.17. The van der Waals surface area contributed by atoms with Crippen LogP contribution in [0.5, 0.6) is 0 Å². The van der Waals surface area contributed by atoms with Crippen LogP contribution < -0.4 is 0 Å². The highest BCUT2D eigenvalue weighted by molar-refractivity contribution is 7.46. The van der Waals surface area contributed by atoms with Crippen molar-refractivity contribution in [2.75, 3.05) is 13.2 Å². The van der Waals surface area contributed by atoms with E-state index in [-0.39, 0.29) is 13.0 Å². The summed E-state index contributed by atoms with van der Waals surface area (Å²) in [6.07, 6.45) is 22.3. The molecule has 0 aliphatic rings. The lowest BCUT2D eigenvalue weighted by atomic mass is 10.0. The Morgan fingerprint density at radius 3 is 1.46 bits per heavy atom. The Hall–Kier alpha value is -0.950. The van der Waals surface area contributed by atoms with Crippen molar-refractivity contribution in [3.05, 3.63) is 0 Å².